The highest BCUT2D eigenvalue weighted by atomic mass is 79.9. The summed E-state index contributed by atoms with van der Waals surface area (Å²) in [6.45, 7) is 1.16. The van der Waals surface area contributed by atoms with Crippen molar-refractivity contribution in [2.75, 3.05) is 5.32 Å². The van der Waals surface area contributed by atoms with Gasteiger partial charge in [-0.2, -0.15) is 0 Å². The van der Waals surface area contributed by atoms with E-state index in [-0.39, 0.29) is 10.2 Å². The molecule has 4 nitrogen and oxygen atoms in total. The molecule has 0 fully saturated rings. The summed E-state index contributed by atoms with van der Waals surface area (Å²) in [5.41, 5.74) is -0.281. The van der Waals surface area contributed by atoms with Crippen molar-refractivity contribution in [3.8, 4) is 0 Å². The van der Waals surface area contributed by atoms with Gasteiger partial charge in [-0.25, -0.2) is 8.78 Å². The van der Waals surface area contributed by atoms with Gasteiger partial charge in [-0.1, -0.05) is 0 Å². The predicted octanol–water partition coefficient (Wildman–Crippen LogP) is 2.39. The number of carboxylic acids is 1. The number of nitrogens with one attached hydrogen (secondary N) is 1. The van der Waals surface area contributed by atoms with E-state index in [4.69, 9.17) is 5.11 Å². The summed E-state index contributed by atoms with van der Waals surface area (Å²) < 4.78 is 26.1. The Bertz CT molecular complexity index is 479. The second-order valence-corrected chi connectivity index (χ2v) is 4.15. The minimum atomic E-state index is -1.33. The van der Waals surface area contributed by atoms with Crippen molar-refractivity contribution in [1.82, 2.24) is 0 Å². The third-order valence-corrected chi connectivity index (χ3v) is 2.64. The molecule has 7 heteroatoms. The summed E-state index contributed by atoms with van der Waals surface area (Å²) in [6.07, 6.45) is 0. The second-order valence-electron chi connectivity index (χ2n) is 3.30. The molecule has 0 saturated carbocycles. The van der Waals surface area contributed by atoms with Gasteiger partial charge in [0, 0.05) is 6.07 Å². The van der Waals surface area contributed by atoms with Gasteiger partial charge in [0.15, 0.2) is 0 Å². The fraction of sp³-hybridized carbons (Fsp3) is 0.200. The lowest BCUT2D eigenvalue weighted by molar-refractivity contribution is -0.144. The number of hydrogen-bond acceptors (Lipinski definition) is 2. The monoisotopic (exact) mass is 307 g/mol. The second kappa shape index (κ2) is 5.22. The summed E-state index contributed by atoms with van der Waals surface area (Å²) in [7, 11) is 0. The molecule has 0 aliphatic heterocycles. The van der Waals surface area contributed by atoms with E-state index >= 15 is 0 Å². The SMILES string of the molecule is CC(C(=O)O)C(=O)Nc1cc(Br)c(F)cc1F. The van der Waals surface area contributed by atoms with E-state index in [9.17, 15) is 18.4 Å². The van der Waals surface area contributed by atoms with Gasteiger partial charge < -0.3 is 10.4 Å². The van der Waals surface area contributed by atoms with Crippen LogP contribution in [0.3, 0.4) is 0 Å². The number of aliphatic carboxylic acids is 1. The Hall–Kier alpha value is -1.50. The minimum Gasteiger partial charge on any atom is -0.481 e. The number of carboxylic acid groups (broad SMARTS) is 1. The molecule has 92 valence electrons. The first-order valence-corrected chi connectivity index (χ1v) is 5.30. The smallest absolute Gasteiger partial charge is 0.315 e. The average molecular weight is 308 g/mol. The zero-order valence-corrected chi connectivity index (χ0v) is 10.2. The van der Waals surface area contributed by atoms with E-state index < -0.39 is 29.4 Å². The highest BCUT2D eigenvalue weighted by Gasteiger charge is 2.21. The van der Waals surface area contributed by atoms with Crippen molar-refractivity contribution in [3.63, 3.8) is 0 Å². The molecule has 17 heavy (non-hydrogen) atoms. The van der Waals surface area contributed by atoms with E-state index in [1.807, 2.05) is 0 Å². The maximum Gasteiger partial charge on any atom is 0.315 e. The van der Waals surface area contributed by atoms with E-state index in [0.717, 1.165) is 13.0 Å². The largest absolute Gasteiger partial charge is 0.481 e. The van der Waals surface area contributed by atoms with Gasteiger partial charge in [-0.05, 0) is 28.9 Å². The normalized spacial score (nSPS) is 12.0. The Morgan fingerprint density at radius 3 is 2.47 bits per heavy atom. The van der Waals surface area contributed by atoms with Crippen molar-refractivity contribution in [3.05, 3.63) is 28.2 Å². The molecule has 1 rings (SSSR count). The number of carbonyl (C=O) groups is 2. The predicted molar refractivity (Wildman–Crippen MR) is 59.5 cm³/mol. The highest BCUT2D eigenvalue weighted by Crippen LogP contribution is 2.24. The van der Waals surface area contributed by atoms with E-state index in [0.29, 0.717) is 6.07 Å². The van der Waals surface area contributed by atoms with Gasteiger partial charge >= 0.3 is 5.97 Å². The molecule has 0 aliphatic carbocycles. The molecule has 0 aliphatic rings. The maximum absolute atomic E-state index is 13.2. The van der Waals surface area contributed by atoms with Crippen molar-refractivity contribution in [2.45, 2.75) is 6.92 Å². The Balaban J connectivity index is 2.93. The summed E-state index contributed by atoms with van der Waals surface area (Å²) >= 11 is 2.83. The molecule has 0 heterocycles. The Labute approximate surface area is 104 Å². The molecule has 1 aromatic carbocycles. The van der Waals surface area contributed by atoms with Gasteiger partial charge in [0.25, 0.3) is 0 Å². The van der Waals surface area contributed by atoms with Crippen LogP contribution in [0.15, 0.2) is 16.6 Å². The highest BCUT2D eigenvalue weighted by molar-refractivity contribution is 9.10. The third kappa shape index (κ3) is 3.23. The van der Waals surface area contributed by atoms with Gasteiger partial charge in [0.2, 0.25) is 5.91 Å². The lowest BCUT2D eigenvalue weighted by Crippen LogP contribution is -2.27. The van der Waals surface area contributed by atoms with Gasteiger partial charge in [-0.3, -0.25) is 9.59 Å². The summed E-state index contributed by atoms with van der Waals surface area (Å²) in [5, 5.41) is 10.6. The minimum absolute atomic E-state index is 0.0304. The van der Waals surface area contributed by atoms with Crippen molar-refractivity contribution in [1.29, 1.82) is 0 Å². The van der Waals surface area contributed by atoms with Crippen molar-refractivity contribution in [2.24, 2.45) is 5.92 Å². The van der Waals surface area contributed by atoms with Crippen LogP contribution in [-0.2, 0) is 9.59 Å². The van der Waals surface area contributed by atoms with Crippen LogP contribution in [0, 0.1) is 17.6 Å². The van der Waals surface area contributed by atoms with E-state index in [2.05, 4.69) is 21.2 Å². The molecule has 1 unspecified atom stereocenters. The van der Waals surface area contributed by atoms with Crippen LogP contribution in [0.1, 0.15) is 6.92 Å². The molecule has 1 atom stereocenters. The van der Waals surface area contributed by atoms with E-state index in [1.54, 1.807) is 0 Å². The van der Waals surface area contributed by atoms with Crippen LogP contribution >= 0.6 is 15.9 Å². The van der Waals surface area contributed by atoms with Crippen molar-refractivity contribution < 1.29 is 23.5 Å². The van der Waals surface area contributed by atoms with Gasteiger partial charge in [0.05, 0.1) is 10.2 Å². The Kier molecular flexibility index (Phi) is 4.17. The van der Waals surface area contributed by atoms with Crippen LogP contribution in [0.25, 0.3) is 0 Å². The Morgan fingerprint density at radius 1 is 1.35 bits per heavy atom. The molecule has 0 aromatic heterocycles. The Morgan fingerprint density at radius 2 is 1.94 bits per heavy atom. The zero-order valence-electron chi connectivity index (χ0n) is 8.63. The van der Waals surface area contributed by atoms with Crippen LogP contribution in [0.4, 0.5) is 14.5 Å². The number of hydrogen-bond donors (Lipinski definition) is 2. The molecular formula is C10H8BrF2NO3. The fourth-order valence-electron chi connectivity index (χ4n) is 0.971. The third-order valence-electron chi connectivity index (χ3n) is 2.03. The number of amides is 1. The summed E-state index contributed by atoms with van der Waals surface area (Å²) in [4.78, 5) is 21.8. The van der Waals surface area contributed by atoms with Crippen LogP contribution in [0.2, 0.25) is 0 Å². The van der Waals surface area contributed by atoms with Crippen LogP contribution < -0.4 is 5.32 Å². The number of halogens is 3. The standard InChI is InChI=1S/C10H8BrF2NO3/c1-4(10(16)17)9(15)14-8-2-5(11)6(12)3-7(8)13/h2-4H,1H3,(H,14,15)(H,16,17). The molecule has 1 amide bonds. The lowest BCUT2D eigenvalue weighted by atomic mass is 10.1. The van der Waals surface area contributed by atoms with Crippen molar-refractivity contribution >= 4 is 33.5 Å². The maximum atomic E-state index is 13.2. The quantitative estimate of drug-likeness (QED) is 0.665. The first-order valence-electron chi connectivity index (χ1n) is 4.51. The van der Waals surface area contributed by atoms with Crippen LogP contribution in [-0.4, -0.2) is 17.0 Å². The first kappa shape index (κ1) is 13.6. The van der Waals surface area contributed by atoms with E-state index in [1.165, 1.54) is 0 Å². The molecule has 0 spiro atoms. The van der Waals surface area contributed by atoms with Gasteiger partial charge in [0.1, 0.15) is 17.6 Å². The van der Waals surface area contributed by atoms with Gasteiger partial charge in [-0.15, -0.1) is 0 Å². The van der Waals surface area contributed by atoms with Crippen LogP contribution in [0.5, 0.6) is 0 Å². The topological polar surface area (TPSA) is 66.4 Å². The number of carbonyl (C=O) groups excluding carboxylic acids is 1. The average Bonchev–Trinajstić information content (AvgIpc) is 2.24. The first-order chi connectivity index (χ1) is 7.82. The molecule has 2 N–H and O–H groups in total. The molecule has 0 radical (unpaired) electrons. The molecule has 1 aromatic rings. The number of anilines is 1. The molecular weight excluding hydrogens is 300 g/mol. The summed E-state index contributed by atoms with van der Waals surface area (Å²) in [5.74, 6) is -5.32. The fourth-order valence-corrected chi connectivity index (χ4v) is 1.31. The number of benzene rings is 1. The molecule has 0 bridgehead atoms. The lowest BCUT2D eigenvalue weighted by Gasteiger charge is -2.09. The zero-order chi connectivity index (χ0) is 13.2. The molecule has 0 saturated heterocycles. The number of rotatable bonds is 3. The summed E-state index contributed by atoms with van der Waals surface area (Å²) in [6, 6.07) is 1.61.